The standard InChI is InChI=1S/C11H14N2O3S/c1-6-7(5-9(14)15)11(16)13-10(12-6)8-3-2-4-17-8/h8H,2-5H2,1H3,(H,14,15)(H,12,13,16). The minimum Gasteiger partial charge on any atom is -0.481 e. The zero-order chi connectivity index (χ0) is 12.4. The fourth-order valence-electron chi connectivity index (χ4n) is 1.94. The lowest BCUT2D eigenvalue weighted by Crippen LogP contribution is -2.22. The first kappa shape index (κ1) is 12.2. The molecule has 1 atom stereocenters. The van der Waals surface area contributed by atoms with Crippen molar-refractivity contribution in [2.45, 2.75) is 31.4 Å². The van der Waals surface area contributed by atoms with Gasteiger partial charge in [-0.25, -0.2) is 4.98 Å². The Kier molecular flexibility index (Phi) is 3.51. The zero-order valence-electron chi connectivity index (χ0n) is 9.52. The van der Waals surface area contributed by atoms with E-state index in [2.05, 4.69) is 9.97 Å². The van der Waals surface area contributed by atoms with Crippen molar-refractivity contribution in [3.63, 3.8) is 0 Å². The minimum atomic E-state index is -1.01. The van der Waals surface area contributed by atoms with E-state index in [4.69, 9.17) is 5.11 Å². The molecule has 0 spiro atoms. The molecule has 0 aliphatic carbocycles. The van der Waals surface area contributed by atoms with Crippen LogP contribution in [0.4, 0.5) is 0 Å². The Morgan fingerprint density at radius 2 is 2.41 bits per heavy atom. The summed E-state index contributed by atoms with van der Waals surface area (Å²) >= 11 is 1.78. The first-order valence-corrected chi connectivity index (χ1v) is 6.56. The highest BCUT2D eigenvalue weighted by Gasteiger charge is 2.21. The van der Waals surface area contributed by atoms with Crippen LogP contribution in [-0.2, 0) is 11.2 Å². The molecule has 0 aromatic carbocycles. The summed E-state index contributed by atoms with van der Waals surface area (Å²) in [4.78, 5) is 29.5. The number of aryl methyl sites for hydroxylation is 1. The second kappa shape index (κ2) is 4.91. The summed E-state index contributed by atoms with van der Waals surface area (Å²) in [7, 11) is 0. The molecule has 0 bridgehead atoms. The Bertz CT molecular complexity index is 492. The van der Waals surface area contributed by atoms with Crippen LogP contribution >= 0.6 is 11.8 Å². The Balaban J connectivity index is 2.34. The fraction of sp³-hybridized carbons (Fsp3) is 0.545. The van der Waals surface area contributed by atoms with Crippen LogP contribution in [0.3, 0.4) is 0 Å². The predicted molar refractivity (Wildman–Crippen MR) is 65.4 cm³/mol. The largest absolute Gasteiger partial charge is 0.481 e. The summed E-state index contributed by atoms with van der Waals surface area (Å²) in [5.74, 6) is 0.761. The lowest BCUT2D eigenvalue weighted by atomic mass is 10.1. The Labute approximate surface area is 103 Å². The molecule has 1 fully saturated rings. The predicted octanol–water partition coefficient (Wildman–Crippen LogP) is 1.27. The summed E-state index contributed by atoms with van der Waals surface area (Å²) in [6.07, 6.45) is 1.88. The maximum absolute atomic E-state index is 11.8. The van der Waals surface area contributed by atoms with Crippen LogP contribution in [0.25, 0.3) is 0 Å². The lowest BCUT2D eigenvalue weighted by Gasteiger charge is -2.10. The van der Waals surface area contributed by atoms with Gasteiger partial charge < -0.3 is 10.1 Å². The van der Waals surface area contributed by atoms with Gasteiger partial charge in [-0.15, -0.1) is 0 Å². The number of hydrogen-bond acceptors (Lipinski definition) is 4. The number of carboxylic acids is 1. The van der Waals surface area contributed by atoms with Crippen molar-refractivity contribution in [1.82, 2.24) is 9.97 Å². The van der Waals surface area contributed by atoms with Gasteiger partial charge >= 0.3 is 5.97 Å². The molecule has 2 N–H and O–H groups in total. The van der Waals surface area contributed by atoms with E-state index < -0.39 is 5.97 Å². The number of aliphatic carboxylic acids is 1. The van der Waals surface area contributed by atoms with Crippen LogP contribution in [0.5, 0.6) is 0 Å². The number of carboxylic acid groups (broad SMARTS) is 1. The van der Waals surface area contributed by atoms with E-state index >= 15 is 0 Å². The molecular weight excluding hydrogens is 240 g/mol. The van der Waals surface area contributed by atoms with Gasteiger partial charge in [0.1, 0.15) is 5.82 Å². The van der Waals surface area contributed by atoms with E-state index in [-0.39, 0.29) is 22.8 Å². The number of nitrogens with zero attached hydrogens (tertiary/aromatic N) is 1. The van der Waals surface area contributed by atoms with Gasteiger partial charge in [-0.05, 0) is 25.5 Å². The average molecular weight is 254 g/mol. The molecular formula is C11H14N2O3S. The molecule has 5 nitrogen and oxygen atoms in total. The van der Waals surface area contributed by atoms with E-state index in [0.717, 1.165) is 18.6 Å². The van der Waals surface area contributed by atoms with Crippen molar-refractivity contribution in [3.05, 3.63) is 27.4 Å². The van der Waals surface area contributed by atoms with Crippen LogP contribution in [0.15, 0.2) is 4.79 Å². The van der Waals surface area contributed by atoms with Crippen LogP contribution in [0.1, 0.15) is 35.2 Å². The van der Waals surface area contributed by atoms with Gasteiger partial charge in [-0.2, -0.15) is 11.8 Å². The molecule has 1 aromatic rings. The smallest absolute Gasteiger partial charge is 0.308 e. The Morgan fingerprint density at radius 1 is 1.65 bits per heavy atom. The molecule has 6 heteroatoms. The highest BCUT2D eigenvalue weighted by Crippen LogP contribution is 2.37. The fourth-order valence-corrected chi connectivity index (χ4v) is 3.16. The quantitative estimate of drug-likeness (QED) is 0.848. The second-order valence-electron chi connectivity index (χ2n) is 4.09. The molecule has 1 aliphatic rings. The number of carbonyl (C=O) groups is 1. The lowest BCUT2D eigenvalue weighted by molar-refractivity contribution is -0.136. The first-order valence-electron chi connectivity index (χ1n) is 5.51. The van der Waals surface area contributed by atoms with Crippen molar-refractivity contribution in [3.8, 4) is 0 Å². The van der Waals surface area contributed by atoms with Crippen LogP contribution in [0.2, 0.25) is 0 Å². The Morgan fingerprint density at radius 3 is 2.94 bits per heavy atom. The molecule has 1 aromatic heterocycles. The number of aromatic amines is 1. The third kappa shape index (κ3) is 2.69. The summed E-state index contributed by atoms with van der Waals surface area (Å²) in [5, 5.41) is 8.96. The molecule has 17 heavy (non-hydrogen) atoms. The average Bonchev–Trinajstić information content (AvgIpc) is 2.76. The number of thioether (sulfide) groups is 1. The van der Waals surface area contributed by atoms with E-state index in [9.17, 15) is 9.59 Å². The Hall–Kier alpha value is -1.30. The maximum Gasteiger partial charge on any atom is 0.308 e. The van der Waals surface area contributed by atoms with Gasteiger partial charge in [-0.1, -0.05) is 0 Å². The van der Waals surface area contributed by atoms with Crippen molar-refractivity contribution < 1.29 is 9.90 Å². The number of rotatable bonds is 3. The number of hydrogen-bond donors (Lipinski definition) is 2. The molecule has 92 valence electrons. The third-order valence-electron chi connectivity index (χ3n) is 2.80. The van der Waals surface area contributed by atoms with Crippen molar-refractivity contribution >= 4 is 17.7 Å². The van der Waals surface area contributed by atoms with Gasteiger partial charge in [0.2, 0.25) is 0 Å². The van der Waals surface area contributed by atoms with Gasteiger partial charge in [0.05, 0.1) is 11.7 Å². The van der Waals surface area contributed by atoms with Crippen molar-refractivity contribution in [1.29, 1.82) is 0 Å². The molecule has 1 unspecified atom stereocenters. The van der Waals surface area contributed by atoms with Gasteiger partial charge in [-0.3, -0.25) is 9.59 Å². The van der Waals surface area contributed by atoms with E-state index in [1.54, 1.807) is 18.7 Å². The topological polar surface area (TPSA) is 83.0 Å². The highest BCUT2D eigenvalue weighted by molar-refractivity contribution is 7.99. The molecule has 2 rings (SSSR count). The van der Waals surface area contributed by atoms with Gasteiger partial charge in [0.25, 0.3) is 5.56 Å². The molecule has 0 saturated carbocycles. The molecule has 0 radical (unpaired) electrons. The maximum atomic E-state index is 11.8. The van der Waals surface area contributed by atoms with Gasteiger partial charge in [0.15, 0.2) is 0 Å². The highest BCUT2D eigenvalue weighted by atomic mass is 32.2. The first-order chi connectivity index (χ1) is 8.08. The summed E-state index contributed by atoms with van der Waals surface area (Å²) < 4.78 is 0. The summed E-state index contributed by atoms with van der Waals surface area (Å²) in [6.45, 7) is 1.69. The van der Waals surface area contributed by atoms with Crippen LogP contribution in [-0.4, -0.2) is 26.8 Å². The van der Waals surface area contributed by atoms with Crippen LogP contribution in [0, 0.1) is 6.92 Å². The number of nitrogens with one attached hydrogen (secondary N) is 1. The molecule has 0 amide bonds. The normalized spacial score (nSPS) is 19.5. The summed E-state index contributed by atoms with van der Waals surface area (Å²) in [6, 6.07) is 0. The van der Waals surface area contributed by atoms with Crippen LogP contribution < -0.4 is 5.56 Å². The molecule has 1 saturated heterocycles. The second-order valence-corrected chi connectivity index (χ2v) is 5.40. The third-order valence-corrected chi connectivity index (χ3v) is 4.19. The number of H-pyrrole nitrogens is 1. The van der Waals surface area contributed by atoms with E-state index in [1.807, 2.05) is 0 Å². The molecule has 1 aliphatic heterocycles. The zero-order valence-corrected chi connectivity index (χ0v) is 10.3. The number of aromatic nitrogens is 2. The monoisotopic (exact) mass is 254 g/mol. The minimum absolute atomic E-state index is 0.250. The molecule has 2 heterocycles. The van der Waals surface area contributed by atoms with Crippen molar-refractivity contribution in [2.24, 2.45) is 0 Å². The van der Waals surface area contributed by atoms with Gasteiger partial charge in [0, 0.05) is 11.3 Å². The SMILES string of the molecule is Cc1nc(C2CCCS2)[nH]c(=O)c1CC(=O)O. The van der Waals surface area contributed by atoms with E-state index in [0.29, 0.717) is 11.5 Å². The van der Waals surface area contributed by atoms with E-state index in [1.165, 1.54) is 0 Å². The van der Waals surface area contributed by atoms with Crippen molar-refractivity contribution in [2.75, 3.05) is 5.75 Å². The summed E-state index contributed by atoms with van der Waals surface area (Å²) in [5.41, 5.74) is 0.463.